The number of hydrogen-bond donors (Lipinski definition) is 2. The zero-order valence-corrected chi connectivity index (χ0v) is 20.7. The highest BCUT2D eigenvalue weighted by atomic mass is 127. The van der Waals surface area contributed by atoms with Crippen LogP contribution in [0.3, 0.4) is 0 Å². The Balaban J connectivity index is 0.00000320. The van der Waals surface area contributed by atoms with E-state index < -0.39 is 0 Å². The minimum absolute atomic E-state index is 0. The lowest BCUT2D eigenvalue weighted by Gasteiger charge is -2.29. The van der Waals surface area contributed by atoms with Gasteiger partial charge in [0.25, 0.3) is 0 Å². The van der Waals surface area contributed by atoms with E-state index in [4.69, 9.17) is 9.26 Å². The van der Waals surface area contributed by atoms with Crippen LogP contribution in [0.4, 0.5) is 0 Å². The number of aliphatic imine (C=N–C) groups is 1. The summed E-state index contributed by atoms with van der Waals surface area (Å²) < 4.78 is 10.7. The first kappa shape index (κ1) is 24.5. The fourth-order valence-corrected chi connectivity index (χ4v) is 3.61. The molecule has 0 bridgehead atoms. The Morgan fingerprint density at radius 3 is 2.47 bits per heavy atom. The summed E-state index contributed by atoms with van der Waals surface area (Å²) in [6.45, 7) is 7.79. The summed E-state index contributed by atoms with van der Waals surface area (Å²) >= 11 is 0. The highest BCUT2D eigenvalue weighted by molar-refractivity contribution is 14.0. The second kappa shape index (κ2) is 12.1. The summed E-state index contributed by atoms with van der Waals surface area (Å²) in [7, 11) is 3.48. The molecule has 0 spiro atoms. The fraction of sp³-hybridized carbons (Fsp3) is 0.545. The second-order valence-corrected chi connectivity index (χ2v) is 7.71. The quantitative estimate of drug-likeness (QED) is 0.308. The molecular weight excluding hydrogens is 493 g/mol. The lowest BCUT2D eigenvalue weighted by atomic mass is 10.1. The molecule has 1 unspecified atom stereocenters. The smallest absolute Gasteiger partial charge is 0.191 e. The van der Waals surface area contributed by atoms with Crippen molar-refractivity contribution in [1.82, 2.24) is 20.7 Å². The summed E-state index contributed by atoms with van der Waals surface area (Å²) in [6, 6.07) is 10.7. The number of rotatable bonds is 8. The van der Waals surface area contributed by atoms with Crippen molar-refractivity contribution in [2.24, 2.45) is 4.99 Å². The van der Waals surface area contributed by atoms with Gasteiger partial charge in [-0.25, -0.2) is 0 Å². The summed E-state index contributed by atoms with van der Waals surface area (Å²) in [4.78, 5) is 6.89. The number of ether oxygens (including phenoxy) is 1. The molecule has 166 valence electrons. The Kier molecular flexibility index (Phi) is 9.90. The van der Waals surface area contributed by atoms with Gasteiger partial charge in [-0.1, -0.05) is 31.1 Å². The minimum Gasteiger partial charge on any atom is -0.497 e. The number of methoxy groups -OCH3 is 1. The number of nitrogens with zero attached hydrogens (tertiary/aromatic N) is 3. The van der Waals surface area contributed by atoms with Crippen LogP contribution in [-0.2, 0) is 6.54 Å². The number of halogens is 1. The minimum atomic E-state index is 0. The molecule has 7 nitrogen and oxygen atoms in total. The summed E-state index contributed by atoms with van der Waals surface area (Å²) in [5.41, 5.74) is 2.26. The van der Waals surface area contributed by atoms with Crippen molar-refractivity contribution in [2.45, 2.75) is 45.2 Å². The lowest BCUT2D eigenvalue weighted by molar-refractivity contribution is 0.245. The van der Waals surface area contributed by atoms with E-state index in [1.165, 1.54) is 18.4 Å². The van der Waals surface area contributed by atoms with Crippen LogP contribution >= 0.6 is 24.0 Å². The molecule has 30 heavy (non-hydrogen) atoms. The normalized spacial score (nSPS) is 15.7. The summed E-state index contributed by atoms with van der Waals surface area (Å²) in [5, 5.41) is 10.9. The van der Waals surface area contributed by atoms with E-state index in [2.05, 4.69) is 51.7 Å². The number of likely N-dealkylation sites (tertiary alicyclic amines) is 1. The van der Waals surface area contributed by atoms with E-state index in [0.29, 0.717) is 18.5 Å². The third kappa shape index (κ3) is 6.60. The molecule has 1 saturated heterocycles. The van der Waals surface area contributed by atoms with E-state index in [0.717, 1.165) is 42.8 Å². The van der Waals surface area contributed by atoms with Gasteiger partial charge >= 0.3 is 0 Å². The maximum Gasteiger partial charge on any atom is 0.191 e. The number of benzene rings is 1. The van der Waals surface area contributed by atoms with Crippen LogP contribution in [0.25, 0.3) is 0 Å². The van der Waals surface area contributed by atoms with Crippen LogP contribution in [0.15, 0.2) is 39.8 Å². The Morgan fingerprint density at radius 1 is 1.20 bits per heavy atom. The molecule has 0 saturated carbocycles. The molecule has 1 aromatic carbocycles. The first-order chi connectivity index (χ1) is 14.1. The Morgan fingerprint density at radius 2 is 1.90 bits per heavy atom. The average Bonchev–Trinajstić information content (AvgIpc) is 3.43. The van der Waals surface area contributed by atoms with Crippen LogP contribution in [-0.4, -0.2) is 49.8 Å². The van der Waals surface area contributed by atoms with Crippen LogP contribution in [0, 0.1) is 0 Å². The van der Waals surface area contributed by atoms with Crippen molar-refractivity contribution in [3.63, 3.8) is 0 Å². The Bertz CT molecular complexity index is 785. The average molecular weight is 527 g/mol. The van der Waals surface area contributed by atoms with Crippen molar-refractivity contribution >= 4 is 29.9 Å². The van der Waals surface area contributed by atoms with Gasteiger partial charge in [-0.2, -0.15) is 0 Å². The molecule has 1 aliphatic rings. The molecule has 0 amide bonds. The fourth-order valence-electron chi connectivity index (χ4n) is 3.61. The maximum atomic E-state index is 5.40. The van der Waals surface area contributed by atoms with Crippen molar-refractivity contribution < 1.29 is 9.26 Å². The van der Waals surface area contributed by atoms with Crippen molar-refractivity contribution in [1.29, 1.82) is 0 Å². The number of hydrogen-bond acceptors (Lipinski definition) is 5. The monoisotopic (exact) mass is 527 g/mol. The van der Waals surface area contributed by atoms with Crippen molar-refractivity contribution in [3.8, 4) is 5.75 Å². The first-order valence-corrected chi connectivity index (χ1v) is 10.4. The molecular formula is C22H34IN5O2. The maximum absolute atomic E-state index is 5.40. The largest absolute Gasteiger partial charge is 0.497 e. The van der Waals surface area contributed by atoms with Crippen molar-refractivity contribution in [2.75, 3.05) is 33.8 Å². The third-order valence-electron chi connectivity index (χ3n) is 5.37. The predicted octanol–water partition coefficient (Wildman–Crippen LogP) is 3.93. The van der Waals surface area contributed by atoms with E-state index in [9.17, 15) is 0 Å². The number of guanidine groups is 1. The molecule has 3 rings (SSSR count). The van der Waals surface area contributed by atoms with Crippen LogP contribution in [0.1, 0.15) is 55.7 Å². The van der Waals surface area contributed by atoms with Gasteiger partial charge in [0.1, 0.15) is 5.75 Å². The molecule has 1 aromatic heterocycles. The number of aromatic nitrogens is 1. The molecule has 1 fully saturated rings. The van der Waals surface area contributed by atoms with Gasteiger partial charge in [-0.3, -0.25) is 9.89 Å². The van der Waals surface area contributed by atoms with E-state index >= 15 is 0 Å². The molecule has 0 aliphatic carbocycles. The Hall–Kier alpha value is -1.81. The van der Waals surface area contributed by atoms with Gasteiger partial charge in [-0.15, -0.1) is 24.0 Å². The zero-order chi connectivity index (χ0) is 20.6. The van der Waals surface area contributed by atoms with E-state index in [1.54, 1.807) is 14.2 Å². The molecule has 8 heteroatoms. The van der Waals surface area contributed by atoms with E-state index in [1.807, 2.05) is 18.2 Å². The molecule has 1 aliphatic heterocycles. The first-order valence-electron chi connectivity index (χ1n) is 10.4. The highest BCUT2D eigenvalue weighted by Crippen LogP contribution is 2.26. The van der Waals surface area contributed by atoms with Gasteiger partial charge < -0.3 is 19.9 Å². The predicted molar refractivity (Wildman–Crippen MR) is 131 cm³/mol. The highest BCUT2D eigenvalue weighted by Gasteiger charge is 2.23. The molecule has 0 radical (unpaired) electrons. The van der Waals surface area contributed by atoms with Crippen LogP contribution in [0.5, 0.6) is 5.75 Å². The molecule has 1 atom stereocenters. The zero-order valence-electron chi connectivity index (χ0n) is 18.4. The SMILES string of the molecule is CN=C(NCc1cc(C(C)C)no1)NCC(c1ccc(OC)cc1)N1CCCC1.I. The van der Waals surface area contributed by atoms with Gasteiger partial charge in [0.05, 0.1) is 25.4 Å². The second-order valence-electron chi connectivity index (χ2n) is 7.71. The Labute approximate surface area is 196 Å². The van der Waals surface area contributed by atoms with E-state index in [-0.39, 0.29) is 24.0 Å². The molecule has 2 aromatic rings. The standard InChI is InChI=1S/C22H33N5O2.HI/c1-16(2)20-13-19(29-26-20)14-24-22(23-3)25-15-21(27-11-5-6-12-27)17-7-9-18(28-4)10-8-17;/h7-10,13,16,21H,5-6,11-12,14-15H2,1-4H3,(H2,23,24,25);1H. The topological polar surface area (TPSA) is 74.9 Å². The van der Waals surface area contributed by atoms with Crippen LogP contribution < -0.4 is 15.4 Å². The summed E-state index contributed by atoms with van der Waals surface area (Å²) in [5.74, 6) is 2.80. The summed E-state index contributed by atoms with van der Waals surface area (Å²) in [6.07, 6.45) is 2.51. The number of nitrogens with one attached hydrogen (secondary N) is 2. The molecule has 2 N–H and O–H groups in total. The van der Waals surface area contributed by atoms with Crippen molar-refractivity contribution in [3.05, 3.63) is 47.3 Å². The van der Waals surface area contributed by atoms with Gasteiger partial charge in [0, 0.05) is 19.7 Å². The third-order valence-corrected chi connectivity index (χ3v) is 5.37. The van der Waals surface area contributed by atoms with Gasteiger partial charge in [0.15, 0.2) is 11.7 Å². The lowest BCUT2D eigenvalue weighted by Crippen LogP contribution is -2.42. The van der Waals surface area contributed by atoms with Gasteiger partial charge in [-0.05, 0) is 49.5 Å². The van der Waals surface area contributed by atoms with Gasteiger partial charge in [0.2, 0.25) is 0 Å². The van der Waals surface area contributed by atoms with Crippen LogP contribution in [0.2, 0.25) is 0 Å². The molecule has 2 heterocycles.